The van der Waals surface area contributed by atoms with E-state index in [9.17, 15) is 0 Å². The Kier molecular flexibility index (Phi) is 4.08. The smallest absolute Gasteiger partial charge is 0.133 e. The highest BCUT2D eigenvalue weighted by Gasteiger charge is 2.17. The molecule has 0 fully saturated rings. The lowest BCUT2D eigenvalue weighted by atomic mass is 10.1. The number of halogens is 2. The topological polar surface area (TPSA) is 53.6 Å². The third-order valence-electron chi connectivity index (χ3n) is 2.98. The van der Waals surface area contributed by atoms with Crippen LogP contribution < -0.4 is 5.32 Å². The summed E-state index contributed by atoms with van der Waals surface area (Å²) in [5.74, 6) is 0.791. The first-order chi connectivity index (χ1) is 10.2. The number of H-pyrrole nitrogens is 1. The molecule has 6 heteroatoms. The van der Waals surface area contributed by atoms with Crippen LogP contribution in [0, 0.1) is 0 Å². The van der Waals surface area contributed by atoms with E-state index < -0.39 is 0 Å². The molecule has 3 aromatic rings. The van der Waals surface area contributed by atoms with Crippen LogP contribution in [0.4, 0.5) is 5.69 Å². The van der Waals surface area contributed by atoms with Crippen molar-refractivity contribution in [3.8, 4) is 0 Å². The van der Waals surface area contributed by atoms with Crippen LogP contribution in [0.2, 0.25) is 10.0 Å². The van der Waals surface area contributed by atoms with Crippen LogP contribution in [0.25, 0.3) is 0 Å². The van der Waals surface area contributed by atoms with Gasteiger partial charge in [0.05, 0.1) is 0 Å². The average molecular weight is 319 g/mol. The van der Waals surface area contributed by atoms with E-state index in [0.717, 1.165) is 17.1 Å². The Labute approximate surface area is 132 Å². The Morgan fingerprint density at radius 1 is 1.10 bits per heavy atom. The summed E-state index contributed by atoms with van der Waals surface area (Å²) in [6.07, 6.45) is 7.03. The molecule has 2 N–H and O–H groups in total. The predicted molar refractivity (Wildman–Crippen MR) is 84.8 cm³/mol. The Balaban J connectivity index is 1.97. The molecule has 0 spiro atoms. The van der Waals surface area contributed by atoms with Gasteiger partial charge in [-0.1, -0.05) is 29.3 Å². The Hall–Kier alpha value is -2.04. The molecule has 2 heterocycles. The maximum absolute atomic E-state index is 6.04. The zero-order valence-electron chi connectivity index (χ0n) is 10.9. The third kappa shape index (κ3) is 3.35. The van der Waals surface area contributed by atoms with Crippen molar-refractivity contribution in [3.63, 3.8) is 0 Å². The fourth-order valence-corrected chi connectivity index (χ4v) is 2.62. The molecule has 1 atom stereocenters. The summed E-state index contributed by atoms with van der Waals surface area (Å²) >= 11 is 12.1. The standard InChI is InChI=1S/C15H12Cl2N4/c16-11-6-12(17)8-13(7-11)21-14(15-19-4-5-20-15)10-2-1-3-18-9-10/h1-9,14,21H,(H,19,20)/t14-/m0/s1. The summed E-state index contributed by atoms with van der Waals surface area (Å²) in [6, 6.07) is 9.04. The number of imidazole rings is 1. The molecule has 0 aliphatic carbocycles. The minimum absolute atomic E-state index is 0.164. The molecule has 0 aliphatic heterocycles. The van der Waals surface area contributed by atoms with Crippen LogP contribution in [0.1, 0.15) is 17.4 Å². The van der Waals surface area contributed by atoms with Gasteiger partial charge in [-0.05, 0) is 24.3 Å². The number of hydrogen-bond acceptors (Lipinski definition) is 3. The minimum Gasteiger partial charge on any atom is -0.371 e. The molecule has 21 heavy (non-hydrogen) atoms. The quantitative estimate of drug-likeness (QED) is 0.753. The molecule has 2 aromatic heterocycles. The van der Waals surface area contributed by atoms with Crippen LogP contribution in [0.3, 0.4) is 0 Å². The van der Waals surface area contributed by atoms with Crippen molar-refractivity contribution >= 4 is 28.9 Å². The zero-order valence-corrected chi connectivity index (χ0v) is 12.4. The second kappa shape index (κ2) is 6.16. The van der Waals surface area contributed by atoms with Crippen molar-refractivity contribution in [3.05, 3.63) is 76.6 Å². The monoisotopic (exact) mass is 318 g/mol. The number of nitrogens with zero attached hydrogens (tertiary/aromatic N) is 2. The van der Waals surface area contributed by atoms with Crippen LogP contribution in [-0.2, 0) is 0 Å². The fourth-order valence-electron chi connectivity index (χ4n) is 2.10. The van der Waals surface area contributed by atoms with Gasteiger partial charge in [-0.2, -0.15) is 0 Å². The first-order valence-electron chi connectivity index (χ1n) is 6.34. The third-order valence-corrected chi connectivity index (χ3v) is 3.42. The molecular formula is C15H12Cl2N4. The van der Waals surface area contributed by atoms with Gasteiger partial charge in [-0.25, -0.2) is 4.98 Å². The van der Waals surface area contributed by atoms with Gasteiger partial charge in [-0.15, -0.1) is 0 Å². The molecule has 0 saturated heterocycles. The highest BCUT2D eigenvalue weighted by molar-refractivity contribution is 6.35. The molecular weight excluding hydrogens is 307 g/mol. The number of anilines is 1. The van der Waals surface area contributed by atoms with Crippen LogP contribution in [0.5, 0.6) is 0 Å². The summed E-state index contributed by atoms with van der Waals surface area (Å²) in [4.78, 5) is 11.6. The lowest BCUT2D eigenvalue weighted by Crippen LogP contribution is -2.14. The van der Waals surface area contributed by atoms with Crippen molar-refractivity contribution in [2.24, 2.45) is 0 Å². The number of pyridine rings is 1. The summed E-state index contributed by atoms with van der Waals surface area (Å²) in [5, 5.41) is 4.53. The van der Waals surface area contributed by atoms with Gasteiger partial charge in [0.25, 0.3) is 0 Å². The molecule has 1 aromatic carbocycles. The Morgan fingerprint density at radius 3 is 2.52 bits per heavy atom. The highest BCUT2D eigenvalue weighted by Crippen LogP contribution is 2.28. The van der Waals surface area contributed by atoms with E-state index in [1.54, 1.807) is 30.9 Å². The predicted octanol–water partition coefficient (Wildman–Crippen LogP) is 4.31. The van der Waals surface area contributed by atoms with Crippen LogP contribution >= 0.6 is 23.2 Å². The van der Waals surface area contributed by atoms with E-state index in [2.05, 4.69) is 20.3 Å². The molecule has 0 bridgehead atoms. The fraction of sp³-hybridized carbons (Fsp3) is 0.0667. The molecule has 4 nitrogen and oxygen atoms in total. The lowest BCUT2D eigenvalue weighted by Gasteiger charge is -2.18. The first-order valence-corrected chi connectivity index (χ1v) is 7.10. The van der Waals surface area contributed by atoms with Gasteiger partial charge in [0.2, 0.25) is 0 Å². The molecule has 106 valence electrons. The van der Waals surface area contributed by atoms with E-state index in [1.165, 1.54) is 0 Å². The van der Waals surface area contributed by atoms with Crippen molar-refractivity contribution < 1.29 is 0 Å². The second-order valence-corrected chi connectivity index (χ2v) is 5.37. The molecule has 0 amide bonds. The normalized spacial score (nSPS) is 12.1. The zero-order chi connectivity index (χ0) is 14.7. The summed E-state index contributed by atoms with van der Waals surface area (Å²) < 4.78 is 0. The van der Waals surface area contributed by atoms with Gasteiger partial charge in [-0.3, -0.25) is 4.98 Å². The van der Waals surface area contributed by atoms with E-state index in [1.807, 2.05) is 24.3 Å². The summed E-state index contributed by atoms with van der Waals surface area (Å²) in [7, 11) is 0. The van der Waals surface area contributed by atoms with Gasteiger partial charge in [0, 0.05) is 46.1 Å². The average Bonchev–Trinajstić information content (AvgIpc) is 2.98. The number of benzene rings is 1. The lowest BCUT2D eigenvalue weighted by molar-refractivity contribution is 0.848. The number of aromatic amines is 1. The van der Waals surface area contributed by atoms with Crippen molar-refractivity contribution in [2.45, 2.75) is 6.04 Å². The van der Waals surface area contributed by atoms with Gasteiger partial charge in [0.1, 0.15) is 11.9 Å². The Morgan fingerprint density at radius 2 is 1.90 bits per heavy atom. The largest absolute Gasteiger partial charge is 0.371 e. The minimum atomic E-state index is -0.164. The maximum Gasteiger partial charge on any atom is 0.133 e. The summed E-state index contributed by atoms with van der Waals surface area (Å²) in [6.45, 7) is 0. The first kappa shape index (κ1) is 13.9. The number of rotatable bonds is 4. The highest BCUT2D eigenvalue weighted by atomic mass is 35.5. The second-order valence-electron chi connectivity index (χ2n) is 4.50. The molecule has 3 rings (SSSR count). The molecule has 0 unspecified atom stereocenters. The number of hydrogen-bond donors (Lipinski definition) is 2. The van der Waals surface area contributed by atoms with Crippen LogP contribution in [-0.4, -0.2) is 15.0 Å². The Bertz CT molecular complexity index is 694. The van der Waals surface area contributed by atoms with Crippen molar-refractivity contribution in [1.82, 2.24) is 15.0 Å². The van der Waals surface area contributed by atoms with E-state index >= 15 is 0 Å². The molecule has 0 saturated carbocycles. The van der Waals surface area contributed by atoms with Gasteiger partial charge >= 0.3 is 0 Å². The van der Waals surface area contributed by atoms with Crippen LogP contribution in [0.15, 0.2) is 55.1 Å². The van der Waals surface area contributed by atoms with Gasteiger partial charge < -0.3 is 10.3 Å². The van der Waals surface area contributed by atoms with E-state index in [0.29, 0.717) is 10.0 Å². The van der Waals surface area contributed by atoms with Crippen molar-refractivity contribution in [2.75, 3.05) is 5.32 Å². The summed E-state index contributed by atoms with van der Waals surface area (Å²) in [5.41, 5.74) is 1.81. The van der Waals surface area contributed by atoms with E-state index in [-0.39, 0.29) is 6.04 Å². The van der Waals surface area contributed by atoms with E-state index in [4.69, 9.17) is 23.2 Å². The van der Waals surface area contributed by atoms with Gasteiger partial charge in [0.15, 0.2) is 0 Å². The SMILES string of the molecule is Clc1cc(Cl)cc(N[C@@H](c2cccnc2)c2ncc[nH]2)c1. The number of nitrogens with one attached hydrogen (secondary N) is 2. The maximum atomic E-state index is 6.04. The molecule has 0 aliphatic rings. The van der Waals surface area contributed by atoms with Crippen molar-refractivity contribution in [1.29, 1.82) is 0 Å². The number of aromatic nitrogens is 3. The molecule has 0 radical (unpaired) electrons.